The third-order valence-corrected chi connectivity index (χ3v) is 3.94. The summed E-state index contributed by atoms with van der Waals surface area (Å²) in [5.74, 6) is -0.317. The van der Waals surface area contributed by atoms with Crippen LogP contribution in [-0.2, 0) is 27.2 Å². The summed E-state index contributed by atoms with van der Waals surface area (Å²) in [7, 11) is -1.96. The smallest absolute Gasteiger partial charge is 0.343 e. The molecule has 2 aromatic heterocycles. The molecule has 0 aliphatic carbocycles. The number of sulfonamides is 1. The zero-order chi connectivity index (χ0) is 20.4. The third kappa shape index (κ3) is 4.90. The number of carbonyl (C=O) groups is 1. The minimum Gasteiger partial charge on any atom is -0.462 e. The van der Waals surface area contributed by atoms with E-state index in [1.165, 1.54) is 10.9 Å². The van der Waals surface area contributed by atoms with Crippen molar-refractivity contribution in [3.63, 3.8) is 0 Å². The van der Waals surface area contributed by atoms with Gasteiger partial charge in [-0.3, -0.25) is 9.82 Å². The van der Waals surface area contributed by atoms with Gasteiger partial charge in [-0.2, -0.15) is 10.2 Å². The Morgan fingerprint density at radius 2 is 2.04 bits per heavy atom. The SMILES string of the molecule is CCOC(=O)c1cn[nH]c1/N=N/c1c(C(C)(C)C)nn(C)c1NS(C)(=O)=O. The number of hydrogen-bond acceptors (Lipinski definition) is 8. The van der Waals surface area contributed by atoms with E-state index in [1.54, 1.807) is 14.0 Å². The van der Waals surface area contributed by atoms with Gasteiger partial charge in [-0.1, -0.05) is 20.8 Å². The van der Waals surface area contributed by atoms with Crippen molar-refractivity contribution in [3.05, 3.63) is 17.5 Å². The molecule has 0 spiro atoms. The van der Waals surface area contributed by atoms with Crippen LogP contribution in [0.1, 0.15) is 43.7 Å². The molecule has 12 heteroatoms. The summed E-state index contributed by atoms with van der Waals surface area (Å²) in [6.45, 7) is 7.64. The number of rotatable bonds is 6. The summed E-state index contributed by atoms with van der Waals surface area (Å²) in [5.41, 5.74) is 0.484. The van der Waals surface area contributed by atoms with E-state index < -0.39 is 21.4 Å². The van der Waals surface area contributed by atoms with Crippen LogP contribution in [0.15, 0.2) is 16.4 Å². The van der Waals surface area contributed by atoms with Crippen LogP contribution in [0.5, 0.6) is 0 Å². The molecule has 0 saturated heterocycles. The molecule has 0 radical (unpaired) electrons. The first-order chi connectivity index (χ1) is 12.4. The van der Waals surface area contributed by atoms with E-state index in [4.69, 9.17) is 4.74 Å². The molecule has 11 nitrogen and oxygen atoms in total. The highest BCUT2D eigenvalue weighted by Gasteiger charge is 2.28. The maximum atomic E-state index is 11.9. The predicted molar refractivity (Wildman–Crippen MR) is 99.1 cm³/mol. The third-order valence-electron chi connectivity index (χ3n) is 3.38. The molecule has 148 valence electrons. The van der Waals surface area contributed by atoms with Crippen molar-refractivity contribution in [2.45, 2.75) is 33.1 Å². The summed E-state index contributed by atoms with van der Waals surface area (Å²) >= 11 is 0. The van der Waals surface area contributed by atoms with E-state index in [0.29, 0.717) is 5.69 Å². The van der Waals surface area contributed by atoms with Crippen LogP contribution in [0.4, 0.5) is 17.3 Å². The van der Waals surface area contributed by atoms with Gasteiger partial charge in [0.25, 0.3) is 0 Å². The number of hydrogen-bond donors (Lipinski definition) is 2. The number of ether oxygens (including phenoxy) is 1. The molecule has 0 saturated carbocycles. The highest BCUT2D eigenvalue weighted by Crippen LogP contribution is 2.38. The zero-order valence-corrected chi connectivity index (χ0v) is 16.9. The average Bonchev–Trinajstić information content (AvgIpc) is 3.09. The van der Waals surface area contributed by atoms with Gasteiger partial charge in [0, 0.05) is 12.5 Å². The van der Waals surface area contributed by atoms with Crippen LogP contribution in [-0.4, -0.2) is 47.2 Å². The molecule has 2 N–H and O–H groups in total. The Morgan fingerprint density at radius 1 is 1.37 bits per heavy atom. The molecule has 0 aliphatic heterocycles. The van der Waals surface area contributed by atoms with Crippen LogP contribution in [0.2, 0.25) is 0 Å². The second-order valence-electron chi connectivity index (χ2n) is 6.85. The second-order valence-corrected chi connectivity index (χ2v) is 8.59. The molecule has 0 unspecified atom stereocenters. The lowest BCUT2D eigenvalue weighted by molar-refractivity contribution is 0.0527. The number of azo groups is 1. The Bertz CT molecular complexity index is 967. The number of H-pyrrole nitrogens is 1. The molecule has 0 amide bonds. The van der Waals surface area contributed by atoms with Gasteiger partial charge in [-0.25, -0.2) is 17.9 Å². The van der Waals surface area contributed by atoms with E-state index in [9.17, 15) is 13.2 Å². The Balaban J connectivity index is 2.53. The number of nitrogens with one attached hydrogen (secondary N) is 2. The lowest BCUT2D eigenvalue weighted by Gasteiger charge is -2.15. The van der Waals surface area contributed by atoms with Crippen molar-refractivity contribution in [1.29, 1.82) is 0 Å². The highest BCUT2D eigenvalue weighted by atomic mass is 32.2. The summed E-state index contributed by atoms with van der Waals surface area (Å²) in [5, 5.41) is 18.9. The summed E-state index contributed by atoms with van der Waals surface area (Å²) < 4.78 is 32.1. The molecule has 0 fully saturated rings. The topological polar surface area (TPSA) is 144 Å². The highest BCUT2D eigenvalue weighted by molar-refractivity contribution is 7.92. The summed E-state index contributed by atoms with van der Waals surface area (Å²) in [4.78, 5) is 11.9. The van der Waals surface area contributed by atoms with Crippen LogP contribution < -0.4 is 4.72 Å². The number of aromatic amines is 1. The van der Waals surface area contributed by atoms with Crippen LogP contribution in [0.25, 0.3) is 0 Å². The Kier molecular flexibility index (Phi) is 5.68. The standard InChI is InChI=1S/C15H23N7O4S/c1-7-26-14(23)9-8-16-18-12(9)19-17-10-11(15(2,3)4)20-22(5)13(10)21-27(6,24)25/h8,21H,7H2,1-6H3,(H,16,18)/b19-17+. The van der Waals surface area contributed by atoms with Gasteiger partial charge in [-0.15, -0.1) is 10.2 Å². The Morgan fingerprint density at radius 3 is 2.59 bits per heavy atom. The van der Waals surface area contributed by atoms with Gasteiger partial charge in [0.15, 0.2) is 17.3 Å². The molecule has 2 heterocycles. The van der Waals surface area contributed by atoms with E-state index in [1.807, 2.05) is 20.8 Å². The van der Waals surface area contributed by atoms with Crippen LogP contribution in [0, 0.1) is 0 Å². The number of aryl methyl sites for hydroxylation is 1. The maximum absolute atomic E-state index is 11.9. The zero-order valence-electron chi connectivity index (χ0n) is 16.1. The molecular formula is C15H23N7O4S. The van der Waals surface area contributed by atoms with Gasteiger partial charge < -0.3 is 4.74 Å². The van der Waals surface area contributed by atoms with Crippen molar-refractivity contribution in [2.24, 2.45) is 17.3 Å². The van der Waals surface area contributed by atoms with Gasteiger partial charge in [0.05, 0.1) is 24.8 Å². The predicted octanol–water partition coefficient (Wildman–Crippen LogP) is 2.40. The fourth-order valence-corrected chi connectivity index (χ4v) is 2.80. The molecule has 0 aliphatic rings. The van der Waals surface area contributed by atoms with Gasteiger partial charge >= 0.3 is 5.97 Å². The quantitative estimate of drug-likeness (QED) is 0.566. The molecule has 2 aromatic rings. The monoisotopic (exact) mass is 397 g/mol. The van der Waals surface area contributed by atoms with Crippen LogP contribution in [0.3, 0.4) is 0 Å². The fraction of sp³-hybridized carbons (Fsp3) is 0.533. The lowest BCUT2D eigenvalue weighted by Crippen LogP contribution is -2.12. The number of esters is 1. The van der Waals surface area contributed by atoms with Crippen molar-refractivity contribution in [2.75, 3.05) is 17.6 Å². The molecular weight excluding hydrogens is 374 g/mol. The van der Waals surface area contributed by atoms with Crippen molar-refractivity contribution in [1.82, 2.24) is 20.0 Å². The fourth-order valence-electron chi connectivity index (χ4n) is 2.22. The average molecular weight is 397 g/mol. The summed E-state index contributed by atoms with van der Waals surface area (Å²) in [6.07, 6.45) is 2.32. The molecule has 27 heavy (non-hydrogen) atoms. The van der Waals surface area contributed by atoms with E-state index in [-0.39, 0.29) is 29.5 Å². The first-order valence-corrected chi connectivity index (χ1v) is 10.0. The second kappa shape index (κ2) is 7.47. The van der Waals surface area contributed by atoms with Gasteiger partial charge in [-0.05, 0) is 6.92 Å². The Hall–Kier alpha value is -2.76. The van der Waals surface area contributed by atoms with Crippen molar-refractivity contribution >= 4 is 33.3 Å². The first-order valence-electron chi connectivity index (χ1n) is 8.11. The Labute approximate surface area is 157 Å². The maximum Gasteiger partial charge on any atom is 0.343 e. The minimum absolute atomic E-state index is 0.0995. The van der Waals surface area contributed by atoms with Crippen molar-refractivity contribution in [3.8, 4) is 0 Å². The van der Waals surface area contributed by atoms with Crippen LogP contribution >= 0.6 is 0 Å². The van der Waals surface area contributed by atoms with E-state index in [0.717, 1.165) is 6.26 Å². The van der Waals surface area contributed by atoms with E-state index >= 15 is 0 Å². The lowest BCUT2D eigenvalue weighted by atomic mass is 9.91. The molecule has 0 bridgehead atoms. The van der Waals surface area contributed by atoms with E-state index in [2.05, 4.69) is 30.2 Å². The summed E-state index contributed by atoms with van der Waals surface area (Å²) in [6, 6.07) is 0. The minimum atomic E-state index is -3.56. The molecule has 0 atom stereocenters. The van der Waals surface area contributed by atoms with Crippen molar-refractivity contribution < 1.29 is 17.9 Å². The first kappa shape index (κ1) is 20.6. The van der Waals surface area contributed by atoms with Gasteiger partial charge in [0.2, 0.25) is 10.0 Å². The number of aromatic nitrogens is 4. The largest absolute Gasteiger partial charge is 0.462 e. The number of anilines is 1. The number of nitrogens with zero attached hydrogens (tertiary/aromatic N) is 5. The number of carbonyl (C=O) groups excluding carboxylic acids is 1. The van der Waals surface area contributed by atoms with Gasteiger partial charge in [0.1, 0.15) is 5.56 Å². The molecule has 2 rings (SSSR count). The normalized spacial score (nSPS) is 12.5. The molecule has 0 aromatic carbocycles.